The van der Waals surface area contributed by atoms with E-state index in [9.17, 15) is 8.42 Å². The Balaban J connectivity index is 2.08. The molecule has 17 heavy (non-hydrogen) atoms. The molecule has 0 aromatic heterocycles. The summed E-state index contributed by atoms with van der Waals surface area (Å²) in [6.07, 6.45) is 1.77. The van der Waals surface area contributed by atoms with E-state index >= 15 is 0 Å². The number of hydrogen-bond donors (Lipinski definition) is 1. The molecule has 0 unspecified atom stereocenters. The van der Waals surface area contributed by atoms with Gasteiger partial charge in [-0.25, -0.2) is 12.7 Å². The van der Waals surface area contributed by atoms with Crippen molar-refractivity contribution in [2.75, 3.05) is 13.1 Å². The van der Waals surface area contributed by atoms with Crippen LogP contribution in [-0.2, 0) is 15.8 Å². The molecule has 1 aliphatic heterocycles. The van der Waals surface area contributed by atoms with E-state index in [0.717, 1.165) is 18.4 Å². The molecule has 1 aliphatic rings. The number of piperidine rings is 1. The highest BCUT2D eigenvalue weighted by Gasteiger charge is 2.27. The summed E-state index contributed by atoms with van der Waals surface area (Å²) in [5.41, 5.74) is 6.63. The van der Waals surface area contributed by atoms with Crippen molar-refractivity contribution in [1.29, 1.82) is 0 Å². The molecule has 2 N–H and O–H groups in total. The van der Waals surface area contributed by atoms with Gasteiger partial charge in [0.05, 0.1) is 5.75 Å². The number of nitrogens with two attached hydrogens (primary N) is 1. The summed E-state index contributed by atoms with van der Waals surface area (Å²) in [7, 11) is -3.22. The van der Waals surface area contributed by atoms with Gasteiger partial charge in [-0.3, -0.25) is 0 Å². The lowest BCUT2D eigenvalue weighted by molar-refractivity contribution is 0.316. The van der Waals surface area contributed by atoms with Gasteiger partial charge in [-0.05, 0) is 18.4 Å². The van der Waals surface area contributed by atoms with E-state index in [4.69, 9.17) is 5.73 Å². The maximum atomic E-state index is 12.2. The van der Waals surface area contributed by atoms with E-state index in [1.807, 2.05) is 30.3 Å². The first-order valence-electron chi connectivity index (χ1n) is 5.85. The highest BCUT2D eigenvalue weighted by molar-refractivity contribution is 7.88. The fourth-order valence-electron chi connectivity index (χ4n) is 2.10. The van der Waals surface area contributed by atoms with Gasteiger partial charge in [0.25, 0.3) is 0 Å². The SMILES string of the molecule is N[C@H]1CCCN(S(=O)(=O)Cc2ccccc2)C1. The van der Waals surface area contributed by atoms with E-state index in [2.05, 4.69) is 0 Å². The van der Waals surface area contributed by atoms with Crippen LogP contribution in [0.3, 0.4) is 0 Å². The summed E-state index contributed by atoms with van der Waals surface area (Å²) < 4.78 is 25.9. The van der Waals surface area contributed by atoms with Crippen LogP contribution in [0.1, 0.15) is 18.4 Å². The molecule has 0 bridgehead atoms. The normalized spacial score (nSPS) is 22.5. The maximum absolute atomic E-state index is 12.2. The van der Waals surface area contributed by atoms with Crippen LogP contribution in [0.2, 0.25) is 0 Å². The van der Waals surface area contributed by atoms with Gasteiger partial charge < -0.3 is 5.73 Å². The monoisotopic (exact) mass is 254 g/mol. The second-order valence-electron chi connectivity index (χ2n) is 4.50. The third kappa shape index (κ3) is 3.28. The number of benzene rings is 1. The van der Waals surface area contributed by atoms with Crippen molar-refractivity contribution in [2.24, 2.45) is 5.73 Å². The van der Waals surface area contributed by atoms with E-state index in [1.165, 1.54) is 4.31 Å². The Morgan fingerprint density at radius 2 is 2.00 bits per heavy atom. The summed E-state index contributed by atoms with van der Waals surface area (Å²) in [6, 6.07) is 9.24. The number of sulfonamides is 1. The van der Waals surface area contributed by atoms with E-state index in [1.54, 1.807) is 0 Å². The first-order chi connectivity index (χ1) is 8.08. The van der Waals surface area contributed by atoms with Crippen molar-refractivity contribution in [2.45, 2.75) is 24.6 Å². The zero-order chi connectivity index (χ0) is 12.3. The van der Waals surface area contributed by atoms with Gasteiger partial charge in [0.15, 0.2) is 0 Å². The Bertz CT molecular complexity index is 459. The minimum atomic E-state index is -3.22. The minimum absolute atomic E-state index is 0.0192. The standard InChI is InChI=1S/C12H18N2O2S/c13-12-7-4-8-14(9-12)17(15,16)10-11-5-2-1-3-6-11/h1-3,5-6,12H,4,7-10,13H2/t12-/m0/s1. The molecule has 4 nitrogen and oxygen atoms in total. The Morgan fingerprint density at radius 3 is 2.65 bits per heavy atom. The molecule has 1 atom stereocenters. The van der Waals surface area contributed by atoms with Gasteiger partial charge in [0.1, 0.15) is 0 Å². The molecule has 0 radical (unpaired) electrons. The van der Waals surface area contributed by atoms with Gasteiger partial charge in [-0.2, -0.15) is 0 Å². The second kappa shape index (κ2) is 5.16. The molecule has 94 valence electrons. The summed E-state index contributed by atoms with van der Waals surface area (Å²) in [6.45, 7) is 1.05. The predicted molar refractivity (Wildman–Crippen MR) is 67.8 cm³/mol. The average molecular weight is 254 g/mol. The smallest absolute Gasteiger partial charge is 0.218 e. The lowest BCUT2D eigenvalue weighted by Gasteiger charge is -2.29. The van der Waals surface area contributed by atoms with Gasteiger partial charge in [0, 0.05) is 19.1 Å². The van der Waals surface area contributed by atoms with Crippen molar-refractivity contribution < 1.29 is 8.42 Å². The molecule has 1 saturated heterocycles. The Kier molecular flexibility index (Phi) is 3.81. The first-order valence-corrected chi connectivity index (χ1v) is 7.46. The van der Waals surface area contributed by atoms with Gasteiger partial charge in [-0.15, -0.1) is 0 Å². The molecule has 1 fully saturated rings. The Hall–Kier alpha value is -0.910. The second-order valence-corrected chi connectivity index (χ2v) is 6.47. The number of hydrogen-bond acceptors (Lipinski definition) is 3. The van der Waals surface area contributed by atoms with E-state index in [-0.39, 0.29) is 11.8 Å². The van der Waals surface area contributed by atoms with Crippen LogP contribution >= 0.6 is 0 Å². The summed E-state index contributed by atoms with van der Waals surface area (Å²) >= 11 is 0. The topological polar surface area (TPSA) is 63.4 Å². The zero-order valence-electron chi connectivity index (χ0n) is 9.75. The first kappa shape index (κ1) is 12.5. The molecule has 0 amide bonds. The van der Waals surface area contributed by atoms with Crippen LogP contribution in [0.4, 0.5) is 0 Å². The average Bonchev–Trinajstić information content (AvgIpc) is 2.30. The molecule has 1 aromatic rings. The minimum Gasteiger partial charge on any atom is -0.327 e. The summed E-state index contributed by atoms with van der Waals surface area (Å²) in [4.78, 5) is 0. The van der Waals surface area contributed by atoms with Crippen LogP contribution in [-0.4, -0.2) is 31.9 Å². The number of nitrogens with zero attached hydrogens (tertiary/aromatic N) is 1. The van der Waals surface area contributed by atoms with Crippen molar-refractivity contribution in [3.8, 4) is 0 Å². The van der Waals surface area contributed by atoms with Gasteiger partial charge in [0.2, 0.25) is 10.0 Å². The van der Waals surface area contributed by atoms with Crippen molar-refractivity contribution in [3.63, 3.8) is 0 Å². The van der Waals surface area contributed by atoms with E-state index < -0.39 is 10.0 Å². The molecule has 1 heterocycles. The van der Waals surface area contributed by atoms with Crippen LogP contribution in [0.25, 0.3) is 0 Å². The predicted octanol–water partition coefficient (Wildman–Crippen LogP) is 0.939. The zero-order valence-corrected chi connectivity index (χ0v) is 10.6. The third-order valence-electron chi connectivity index (χ3n) is 3.01. The molecule has 0 aliphatic carbocycles. The van der Waals surface area contributed by atoms with Crippen molar-refractivity contribution in [3.05, 3.63) is 35.9 Å². The molecular weight excluding hydrogens is 236 g/mol. The molecular formula is C12H18N2O2S. The number of rotatable bonds is 3. The van der Waals surface area contributed by atoms with Gasteiger partial charge in [-0.1, -0.05) is 30.3 Å². The van der Waals surface area contributed by atoms with Crippen molar-refractivity contribution >= 4 is 10.0 Å². The third-order valence-corrected chi connectivity index (χ3v) is 4.82. The fourth-order valence-corrected chi connectivity index (χ4v) is 3.72. The van der Waals surface area contributed by atoms with Crippen LogP contribution in [0, 0.1) is 0 Å². The highest BCUT2D eigenvalue weighted by atomic mass is 32.2. The maximum Gasteiger partial charge on any atom is 0.218 e. The molecule has 0 saturated carbocycles. The fraction of sp³-hybridized carbons (Fsp3) is 0.500. The lowest BCUT2D eigenvalue weighted by atomic mass is 10.1. The Morgan fingerprint density at radius 1 is 1.29 bits per heavy atom. The van der Waals surface area contributed by atoms with Crippen molar-refractivity contribution in [1.82, 2.24) is 4.31 Å². The quantitative estimate of drug-likeness (QED) is 0.873. The van der Waals surface area contributed by atoms with E-state index in [0.29, 0.717) is 13.1 Å². The van der Waals surface area contributed by atoms with Gasteiger partial charge >= 0.3 is 0 Å². The summed E-state index contributed by atoms with van der Waals surface area (Å²) in [5, 5.41) is 0. The largest absolute Gasteiger partial charge is 0.327 e. The lowest BCUT2D eigenvalue weighted by Crippen LogP contribution is -2.46. The molecule has 1 aromatic carbocycles. The summed E-state index contributed by atoms with van der Waals surface area (Å²) in [5.74, 6) is 0.0700. The molecule has 0 spiro atoms. The van der Waals surface area contributed by atoms with Crippen LogP contribution in [0.15, 0.2) is 30.3 Å². The van der Waals surface area contributed by atoms with Crippen LogP contribution < -0.4 is 5.73 Å². The molecule has 2 rings (SSSR count). The van der Waals surface area contributed by atoms with Crippen LogP contribution in [0.5, 0.6) is 0 Å². The molecule has 5 heteroatoms. The highest BCUT2D eigenvalue weighted by Crippen LogP contribution is 2.16. The Labute approximate surface area is 102 Å².